The Morgan fingerprint density at radius 3 is 3.18 bits per heavy atom. The highest BCUT2D eigenvalue weighted by molar-refractivity contribution is 9.10. The number of hydrogen-bond donors (Lipinski definition) is 2. The maximum atomic E-state index is 12.0. The van der Waals surface area contributed by atoms with E-state index < -0.39 is 0 Å². The van der Waals surface area contributed by atoms with Gasteiger partial charge in [-0.3, -0.25) is 4.79 Å². The number of nitrogens with two attached hydrogens (primary N) is 1. The summed E-state index contributed by atoms with van der Waals surface area (Å²) < 4.78 is 0.759. The summed E-state index contributed by atoms with van der Waals surface area (Å²) in [6.45, 7) is 0. The number of hydrogen-bond acceptors (Lipinski definition) is 4. The molecule has 2 rings (SSSR count). The number of pyridine rings is 1. The van der Waals surface area contributed by atoms with E-state index >= 15 is 0 Å². The SMILES string of the molecule is Nc1ncc(Br)cc1C(=O)NC1CCCSC1. The molecule has 1 amide bonds. The molecule has 0 saturated carbocycles. The highest BCUT2D eigenvalue weighted by Gasteiger charge is 2.18. The number of amides is 1. The van der Waals surface area contributed by atoms with Crippen LogP contribution in [-0.4, -0.2) is 28.4 Å². The summed E-state index contributed by atoms with van der Waals surface area (Å²) in [5.41, 5.74) is 6.14. The molecule has 1 aliphatic heterocycles. The van der Waals surface area contributed by atoms with Crippen LogP contribution in [0.5, 0.6) is 0 Å². The van der Waals surface area contributed by atoms with Gasteiger partial charge in [0, 0.05) is 22.5 Å². The lowest BCUT2D eigenvalue weighted by atomic mass is 10.1. The van der Waals surface area contributed by atoms with E-state index in [-0.39, 0.29) is 17.8 Å². The number of halogens is 1. The molecule has 0 spiro atoms. The van der Waals surface area contributed by atoms with E-state index in [1.165, 1.54) is 5.75 Å². The summed E-state index contributed by atoms with van der Waals surface area (Å²) in [6.07, 6.45) is 3.78. The van der Waals surface area contributed by atoms with Crippen LogP contribution < -0.4 is 11.1 Å². The zero-order valence-electron chi connectivity index (χ0n) is 9.28. The van der Waals surface area contributed by atoms with E-state index in [1.54, 1.807) is 12.3 Å². The summed E-state index contributed by atoms with van der Waals surface area (Å²) in [5, 5.41) is 3.00. The number of thioether (sulfide) groups is 1. The molecule has 0 bridgehead atoms. The Bertz CT molecular complexity index is 421. The molecule has 1 aromatic rings. The van der Waals surface area contributed by atoms with Gasteiger partial charge in [-0.25, -0.2) is 4.98 Å². The molecular weight excluding hydrogens is 302 g/mol. The van der Waals surface area contributed by atoms with E-state index in [0.29, 0.717) is 5.56 Å². The molecule has 6 heteroatoms. The second kappa shape index (κ2) is 5.73. The first-order valence-electron chi connectivity index (χ1n) is 5.46. The average Bonchev–Trinajstić information content (AvgIpc) is 2.33. The fraction of sp³-hybridized carbons (Fsp3) is 0.455. The van der Waals surface area contributed by atoms with Crippen LogP contribution in [0.15, 0.2) is 16.7 Å². The van der Waals surface area contributed by atoms with Crippen LogP contribution in [0.2, 0.25) is 0 Å². The summed E-state index contributed by atoms with van der Waals surface area (Å²) >= 11 is 5.16. The Hall–Kier alpha value is -0.750. The molecule has 1 aromatic heterocycles. The largest absolute Gasteiger partial charge is 0.383 e. The quantitative estimate of drug-likeness (QED) is 0.876. The standard InChI is InChI=1S/C11H14BrN3OS/c12-7-4-9(10(13)14-5-7)11(16)15-8-2-1-3-17-6-8/h4-5,8H,1-3,6H2,(H2,13,14)(H,15,16). The minimum Gasteiger partial charge on any atom is -0.383 e. The third kappa shape index (κ3) is 3.35. The third-order valence-electron chi connectivity index (χ3n) is 2.63. The number of nitrogen functional groups attached to an aromatic ring is 1. The van der Waals surface area contributed by atoms with Crippen molar-refractivity contribution in [2.45, 2.75) is 18.9 Å². The molecule has 0 radical (unpaired) electrons. The van der Waals surface area contributed by atoms with Crippen molar-refractivity contribution < 1.29 is 4.79 Å². The van der Waals surface area contributed by atoms with Gasteiger partial charge in [0.15, 0.2) is 0 Å². The van der Waals surface area contributed by atoms with E-state index in [1.807, 2.05) is 11.8 Å². The lowest BCUT2D eigenvalue weighted by Crippen LogP contribution is -2.38. The molecule has 1 unspecified atom stereocenters. The fourth-order valence-corrected chi connectivity index (χ4v) is 3.15. The maximum absolute atomic E-state index is 12.0. The van der Waals surface area contributed by atoms with Crippen molar-refractivity contribution in [1.29, 1.82) is 0 Å². The van der Waals surface area contributed by atoms with Crippen molar-refractivity contribution in [3.05, 3.63) is 22.3 Å². The molecule has 1 aliphatic rings. The second-order valence-electron chi connectivity index (χ2n) is 3.97. The van der Waals surface area contributed by atoms with Crippen molar-refractivity contribution in [3.63, 3.8) is 0 Å². The van der Waals surface area contributed by atoms with Crippen molar-refractivity contribution in [1.82, 2.24) is 10.3 Å². The highest BCUT2D eigenvalue weighted by Crippen LogP contribution is 2.19. The highest BCUT2D eigenvalue weighted by atomic mass is 79.9. The molecule has 0 aromatic carbocycles. The minimum atomic E-state index is -0.135. The summed E-state index contributed by atoms with van der Waals surface area (Å²) in [7, 11) is 0. The van der Waals surface area contributed by atoms with Gasteiger partial charge in [-0.05, 0) is 40.6 Å². The monoisotopic (exact) mass is 315 g/mol. The molecule has 17 heavy (non-hydrogen) atoms. The van der Waals surface area contributed by atoms with Crippen LogP contribution in [-0.2, 0) is 0 Å². The van der Waals surface area contributed by atoms with Crippen molar-refractivity contribution >= 4 is 39.4 Å². The third-order valence-corrected chi connectivity index (χ3v) is 4.27. The fourth-order valence-electron chi connectivity index (χ4n) is 1.75. The van der Waals surface area contributed by atoms with Gasteiger partial charge in [-0.1, -0.05) is 0 Å². The Morgan fingerprint density at radius 2 is 2.47 bits per heavy atom. The van der Waals surface area contributed by atoms with E-state index in [4.69, 9.17) is 5.73 Å². The number of rotatable bonds is 2. The number of anilines is 1. The summed E-state index contributed by atoms with van der Waals surface area (Å²) in [4.78, 5) is 16.0. The second-order valence-corrected chi connectivity index (χ2v) is 6.04. The lowest BCUT2D eigenvalue weighted by Gasteiger charge is -2.22. The molecule has 0 aliphatic carbocycles. The Kier molecular flexibility index (Phi) is 4.28. The van der Waals surface area contributed by atoms with E-state index in [2.05, 4.69) is 26.2 Å². The van der Waals surface area contributed by atoms with Crippen LogP contribution in [0, 0.1) is 0 Å². The van der Waals surface area contributed by atoms with Gasteiger partial charge in [-0.15, -0.1) is 0 Å². The number of carbonyl (C=O) groups is 1. The molecule has 1 atom stereocenters. The van der Waals surface area contributed by atoms with Crippen LogP contribution in [0.25, 0.3) is 0 Å². The van der Waals surface area contributed by atoms with Gasteiger partial charge >= 0.3 is 0 Å². The van der Waals surface area contributed by atoms with Crippen molar-refractivity contribution in [3.8, 4) is 0 Å². The molecule has 1 fully saturated rings. The number of nitrogens with zero attached hydrogens (tertiary/aromatic N) is 1. The topological polar surface area (TPSA) is 68.0 Å². The molecule has 4 nitrogen and oxygen atoms in total. The van der Waals surface area contributed by atoms with Crippen molar-refractivity contribution in [2.24, 2.45) is 0 Å². The Labute approximate surface area is 113 Å². The number of carbonyl (C=O) groups excluding carboxylic acids is 1. The van der Waals surface area contributed by atoms with Gasteiger partial charge in [-0.2, -0.15) is 11.8 Å². The van der Waals surface area contributed by atoms with E-state index in [9.17, 15) is 4.79 Å². The number of aromatic nitrogens is 1. The van der Waals surface area contributed by atoms with Gasteiger partial charge in [0.05, 0.1) is 5.56 Å². The first-order valence-corrected chi connectivity index (χ1v) is 7.41. The summed E-state index contributed by atoms with van der Waals surface area (Å²) in [5.74, 6) is 2.30. The first-order chi connectivity index (χ1) is 8.16. The molecule has 92 valence electrons. The van der Waals surface area contributed by atoms with Crippen LogP contribution in [0.4, 0.5) is 5.82 Å². The van der Waals surface area contributed by atoms with E-state index in [0.717, 1.165) is 23.1 Å². The molecule has 2 heterocycles. The first kappa shape index (κ1) is 12.7. The predicted molar refractivity (Wildman–Crippen MR) is 74.2 cm³/mol. The normalized spacial score (nSPS) is 19.9. The molecule has 3 N–H and O–H groups in total. The van der Waals surface area contributed by atoms with Crippen molar-refractivity contribution in [2.75, 3.05) is 17.2 Å². The van der Waals surface area contributed by atoms with Crippen LogP contribution in [0.3, 0.4) is 0 Å². The smallest absolute Gasteiger partial charge is 0.255 e. The van der Waals surface area contributed by atoms with Gasteiger partial charge < -0.3 is 11.1 Å². The lowest BCUT2D eigenvalue weighted by molar-refractivity contribution is 0.0939. The Balaban J connectivity index is 2.05. The predicted octanol–water partition coefficient (Wildman–Crippen LogP) is 2.05. The summed E-state index contributed by atoms with van der Waals surface area (Å²) in [6, 6.07) is 1.95. The van der Waals surface area contributed by atoms with Gasteiger partial charge in [0.1, 0.15) is 5.82 Å². The Morgan fingerprint density at radius 1 is 1.65 bits per heavy atom. The zero-order valence-corrected chi connectivity index (χ0v) is 11.7. The van der Waals surface area contributed by atoms with Crippen LogP contribution in [0.1, 0.15) is 23.2 Å². The minimum absolute atomic E-state index is 0.135. The molecular formula is C11H14BrN3OS. The maximum Gasteiger partial charge on any atom is 0.255 e. The number of nitrogens with one attached hydrogen (secondary N) is 1. The molecule has 1 saturated heterocycles. The van der Waals surface area contributed by atoms with Crippen LogP contribution >= 0.6 is 27.7 Å². The average molecular weight is 316 g/mol. The van der Waals surface area contributed by atoms with Gasteiger partial charge in [0.25, 0.3) is 5.91 Å². The zero-order chi connectivity index (χ0) is 12.3. The van der Waals surface area contributed by atoms with Gasteiger partial charge in [0.2, 0.25) is 0 Å².